The molecule has 0 aliphatic rings. The average Bonchev–Trinajstić information content (AvgIpc) is 1.86. The Kier molecular flexibility index (Phi) is 5.44. The number of allylic oxidation sites excluding steroid dienone is 3. The van der Waals surface area contributed by atoms with Gasteiger partial charge in [0.25, 0.3) is 0 Å². The molecule has 0 aromatic carbocycles. The van der Waals surface area contributed by atoms with E-state index in [0.717, 1.165) is 12.1 Å². The molecule has 0 atom stereocenters. The van der Waals surface area contributed by atoms with Crippen molar-refractivity contribution in [3.05, 3.63) is 23.9 Å². The van der Waals surface area contributed by atoms with Crippen LogP contribution in [0, 0.1) is 0 Å². The Morgan fingerprint density at radius 1 is 1.27 bits per heavy atom. The van der Waals surface area contributed by atoms with Gasteiger partial charge < -0.3 is 0 Å². The van der Waals surface area contributed by atoms with Crippen LogP contribution in [0.2, 0.25) is 0 Å². The molecular weight excluding hydrogens is 134 g/mol. The van der Waals surface area contributed by atoms with E-state index < -0.39 is 0 Å². The Bertz CT molecular complexity index is 181. The van der Waals surface area contributed by atoms with E-state index in [4.69, 9.17) is 0 Å². The molecule has 0 spiro atoms. The summed E-state index contributed by atoms with van der Waals surface area (Å²) in [6, 6.07) is 0. The van der Waals surface area contributed by atoms with Crippen LogP contribution in [0.15, 0.2) is 28.9 Å². The topological polar surface area (TPSA) is 12.4 Å². The Morgan fingerprint density at radius 3 is 2.36 bits per heavy atom. The summed E-state index contributed by atoms with van der Waals surface area (Å²) in [5, 5.41) is 0. The molecule has 0 aliphatic heterocycles. The lowest BCUT2D eigenvalue weighted by atomic mass is 10.2. The molecule has 0 saturated carbocycles. The van der Waals surface area contributed by atoms with Crippen LogP contribution in [0.1, 0.15) is 34.1 Å². The van der Waals surface area contributed by atoms with E-state index in [1.54, 1.807) is 0 Å². The zero-order valence-electron chi connectivity index (χ0n) is 7.89. The molecule has 1 nitrogen and oxygen atoms in total. The van der Waals surface area contributed by atoms with Gasteiger partial charge in [0.05, 0.1) is 0 Å². The maximum Gasteiger partial charge on any atom is 0.0371 e. The lowest BCUT2D eigenvalue weighted by Gasteiger charge is -1.89. The fourth-order valence-corrected chi connectivity index (χ4v) is 0.731. The lowest BCUT2D eigenvalue weighted by Crippen LogP contribution is -1.83. The van der Waals surface area contributed by atoms with Crippen molar-refractivity contribution in [2.75, 3.05) is 0 Å². The third-order valence-electron chi connectivity index (χ3n) is 1.12. The van der Waals surface area contributed by atoms with Gasteiger partial charge in [-0.1, -0.05) is 18.6 Å². The Morgan fingerprint density at radius 2 is 1.91 bits per heavy atom. The first-order valence-electron chi connectivity index (χ1n) is 4.01. The molecular formula is C10H17N. The first-order valence-corrected chi connectivity index (χ1v) is 4.01. The third-order valence-corrected chi connectivity index (χ3v) is 1.12. The summed E-state index contributed by atoms with van der Waals surface area (Å²) in [6.07, 6.45) is 7.02. The minimum absolute atomic E-state index is 1.05. The molecule has 0 saturated heterocycles. The van der Waals surface area contributed by atoms with Crippen molar-refractivity contribution >= 4 is 5.71 Å². The molecule has 0 unspecified atom stereocenters. The summed E-state index contributed by atoms with van der Waals surface area (Å²) in [4.78, 5) is 4.21. The molecule has 1 heteroatoms. The Balaban J connectivity index is 4.01. The number of rotatable bonds is 3. The molecule has 0 N–H and O–H groups in total. The van der Waals surface area contributed by atoms with Crippen molar-refractivity contribution in [1.29, 1.82) is 0 Å². The highest BCUT2D eigenvalue weighted by atomic mass is 14.7. The minimum atomic E-state index is 1.05. The van der Waals surface area contributed by atoms with Crippen LogP contribution in [0.25, 0.3) is 0 Å². The molecule has 0 aromatic rings. The van der Waals surface area contributed by atoms with Gasteiger partial charge in [-0.3, -0.25) is 4.99 Å². The third kappa shape index (κ3) is 7.04. The van der Waals surface area contributed by atoms with Crippen molar-refractivity contribution in [2.45, 2.75) is 34.1 Å². The molecule has 0 rings (SSSR count). The van der Waals surface area contributed by atoms with Crippen LogP contribution in [0.5, 0.6) is 0 Å². The van der Waals surface area contributed by atoms with Crippen LogP contribution in [0.4, 0.5) is 0 Å². The fraction of sp³-hybridized carbons (Fsp3) is 0.500. The summed E-state index contributed by atoms with van der Waals surface area (Å²) in [6.45, 7) is 8.25. The van der Waals surface area contributed by atoms with Crippen LogP contribution >= 0.6 is 0 Å². The molecule has 0 amide bonds. The summed E-state index contributed by atoms with van der Waals surface area (Å²) in [5.74, 6) is 0. The Hall–Kier alpha value is -0.850. The molecule has 0 fully saturated rings. The zero-order chi connectivity index (χ0) is 8.69. The quantitative estimate of drug-likeness (QED) is 0.548. The zero-order valence-corrected chi connectivity index (χ0v) is 7.89. The van der Waals surface area contributed by atoms with Gasteiger partial charge in [-0.2, -0.15) is 0 Å². The van der Waals surface area contributed by atoms with E-state index >= 15 is 0 Å². The maximum absolute atomic E-state index is 4.21. The normalized spacial score (nSPS) is 12.2. The average molecular weight is 151 g/mol. The second-order valence-electron chi connectivity index (χ2n) is 2.79. The van der Waals surface area contributed by atoms with Gasteiger partial charge in [-0.25, -0.2) is 0 Å². The molecule has 0 radical (unpaired) electrons. The van der Waals surface area contributed by atoms with Crippen molar-refractivity contribution in [2.24, 2.45) is 4.99 Å². The molecule has 11 heavy (non-hydrogen) atoms. The van der Waals surface area contributed by atoms with E-state index in [1.807, 2.05) is 19.2 Å². The Labute approximate surface area is 69.5 Å². The predicted molar refractivity (Wildman–Crippen MR) is 52.0 cm³/mol. The van der Waals surface area contributed by atoms with Gasteiger partial charge in [0.2, 0.25) is 0 Å². The van der Waals surface area contributed by atoms with E-state index in [1.165, 1.54) is 5.57 Å². The molecule has 62 valence electrons. The summed E-state index contributed by atoms with van der Waals surface area (Å²) in [7, 11) is 0. The molecule has 0 aliphatic carbocycles. The predicted octanol–water partition coefficient (Wildman–Crippen LogP) is 3.34. The van der Waals surface area contributed by atoms with E-state index in [9.17, 15) is 0 Å². The number of aliphatic imine (C=N–C) groups is 1. The highest BCUT2D eigenvalue weighted by Gasteiger charge is 1.80. The van der Waals surface area contributed by atoms with Gasteiger partial charge in [0, 0.05) is 11.9 Å². The summed E-state index contributed by atoms with van der Waals surface area (Å²) < 4.78 is 0. The SMILES string of the molecule is CC/C=C/N=C(C)C=C(C)C. The highest BCUT2D eigenvalue weighted by molar-refractivity contribution is 5.93. The first kappa shape index (κ1) is 10.2. The first-order chi connectivity index (χ1) is 5.16. The van der Waals surface area contributed by atoms with Crippen LogP contribution in [0.3, 0.4) is 0 Å². The minimum Gasteiger partial charge on any atom is -0.262 e. The van der Waals surface area contributed by atoms with Crippen molar-refractivity contribution in [3.8, 4) is 0 Å². The van der Waals surface area contributed by atoms with E-state index in [2.05, 4.69) is 31.8 Å². The monoisotopic (exact) mass is 151 g/mol. The smallest absolute Gasteiger partial charge is 0.0371 e. The van der Waals surface area contributed by atoms with E-state index in [-0.39, 0.29) is 0 Å². The maximum atomic E-state index is 4.21. The number of hydrogen-bond donors (Lipinski definition) is 0. The van der Waals surface area contributed by atoms with Crippen LogP contribution in [-0.4, -0.2) is 5.71 Å². The van der Waals surface area contributed by atoms with Crippen molar-refractivity contribution < 1.29 is 0 Å². The largest absolute Gasteiger partial charge is 0.262 e. The lowest BCUT2D eigenvalue weighted by molar-refractivity contribution is 1.21. The summed E-state index contributed by atoms with van der Waals surface area (Å²) >= 11 is 0. The second kappa shape index (κ2) is 5.90. The second-order valence-corrected chi connectivity index (χ2v) is 2.79. The fourth-order valence-electron chi connectivity index (χ4n) is 0.731. The molecule has 0 aromatic heterocycles. The van der Waals surface area contributed by atoms with Gasteiger partial charge in [-0.15, -0.1) is 0 Å². The van der Waals surface area contributed by atoms with Crippen LogP contribution < -0.4 is 0 Å². The number of hydrogen-bond acceptors (Lipinski definition) is 1. The van der Waals surface area contributed by atoms with Gasteiger partial charge in [-0.05, 0) is 33.3 Å². The van der Waals surface area contributed by atoms with Crippen molar-refractivity contribution in [3.63, 3.8) is 0 Å². The van der Waals surface area contributed by atoms with Gasteiger partial charge in [0.1, 0.15) is 0 Å². The van der Waals surface area contributed by atoms with Crippen molar-refractivity contribution in [1.82, 2.24) is 0 Å². The van der Waals surface area contributed by atoms with E-state index in [0.29, 0.717) is 0 Å². The number of nitrogens with zero attached hydrogens (tertiary/aromatic N) is 1. The highest BCUT2D eigenvalue weighted by Crippen LogP contribution is 1.91. The standard InChI is InChI=1S/C10H17N/c1-5-6-7-11-10(4)8-9(2)3/h6-8H,5H2,1-4H3/b7-6+,11-10?. The van der Waals surface area contributed by atoms with Crippen LogP contribution in [-0.2, 0) is 0 Å². The van der Waals surface area contributed by atoms with Gasteiger partial charge in [0.15, 0.2) is 0 Å². The van der Waals surface area contributed by atoms with Gasteiger partial charge >= 0.3 is 0 Å². The summed E-state index contributed by atoms with van der Waals surface area (Å²) in [5.41, 5.74) is 2.35. The molecule has 0 bridgehead atoms. The molecule has 0 heterocycles.